The molecule has 3 rings (SSSR count). The van der Waals surface area contributed by atoms with Gasteiger partial charge in [0.2, 0.25) is 0 Å². The van der Waals surface area contributed by atoms with Crippen LogP contribution in [0.2, 0.25) is 0 Å². The quantitative estimate of drug-likeness (QED) is 0.516. The molecule has 0 radical (unpaired) electrons. The summed E-state index contributed by atoms with van der Waals surface area (Å²) in [6, 6.07) is 10.5. The van der Waals surface area contributed by atoms with Crippen molar-refractivity contribution in [2.75, 3.05) is 32.1 Å². The Kier molecular flexibility index (Phi) is 6.69. The average molecular weight is 347 g/mol. The topological polar surface area (TPSA) is 43.2 Å². The van der Waals surface area contributed by atoms with E-state index < -0.39 is 0 Å². The monoisotopic (exact) mass is 346 g/mol. The van der Waals surface area contributed by atoms with Crippen LogP contribution in [0.4, 0.5) is 0 Å². The first-order valence-electron chi connectivity index (χ1n) is 8.75. The number of aromatic nitrogens is 3. The van der Waals surface area contributed by atoms with Crippen LogP contribution in [0.15, 0.2) is 35.5 Å². The van der Waals surface area contributed by atoms with Gasteiger partial charge in [0.05, 0.1) is 19.7 Å². The Labute approximate surface area is 148 Å². The third-order valence-electron chi connectivity index (χ3n) is 4.20. The molecule has 0 bridgehead atoms. The number of likely N-dealkylation sites (tertiary alicyclic amines) is 1. The molecular weight excluding hydrogens is 320 g/mol. The van der Waals surface area contributed by atoms with Crippen LogP contribution in [0.25, 0.3) is 0 Å². The van der Waals surface area contributed by atoms with Gasteiger partial charge in [-0.1, -0.05) is 42.1 Å². The molecule has 0 saturated carbocycles. The zero-order chi connectivity index (χ0) is 16.6. The second kappa shape index (κ2) is 9.20. The lowest BCUT2D eigenvalue weighted by Crippen LogP contribution is -2.21. The van der Waals surface area contributed by atoms with Crippen LogP contribution in [-0.4, -0.2) is 51.7 Å². The molecule has 1 aromatic heterocycles. The molecule has 1 fully saturated rings. The van der Waals surface area contributed by atoms with Crippen LogP contribution in [0.1, 0.15) is 31.2 Å². The summed E-state index contributed by atoms with van der Waals surface area (Å²) in [5.41, 5.74) is 1.28. The zero-order valence-corrected chi connectivity index (χ0v) is 15.2. The molecule has 0 aliphatic carbocycles. The second-order valence-electron chi connectivity index (χ2n) is 6.00. The highest BCUT2D eigenvalue weighted by molar-refractivity contribution is 7.99. The molecule has 0 unspecified atom stereocenters. The first kappa shape index (κ1) is 17.5. The van der Waals surface area contributed by atoms with Gasteiger partial charge in [-0.3, -0.25) is 4.90 Å². The van der Waals surface area contributed by atoms with Crippen molar-refractivity contribution in [3.63, 3.8) is 0 Å². The highest BCUT2D eigenvalue weighted by Crippen LogP contribution is 2.20. The lowest BCUT2D eigenvalue weighted by Gasteiger charge is -2.16. The predicted octanol–water partition coefficient (Wildman–Crippen LogP) is 3.05. The Morgan fingerprint density at radius 2 is 1.88 bits per heavy atom. The maximum Gasteiger partial charge on any atom is 0.191 e. The molecule has 0 amide bonds. The second-order valence-corrected chi connectivity index (χ2v) is 7.06. The van der Waals surface area contributed by atoms with Crippen LogP contribution < -0.4 is 0 Å². The fourth-order valence-electron chi connectivity index (χ4n) is 2.94. The lowest BCUT2D eigenvalue weighted by atomic mass is 10.2. The van der Waals surface area contributed by atoms with Crippen molar-refractivity contribution in [1.82, 2.24) is 19.7 Å². The van der Waals surface area contributed by atoms with E-state index in [1.807, 2.05) is 6.92 Å². The zero-order valence-electron chi connectivity index (χ0n) is 14.4. The van der Waals surface area contributed by atoms with Crippen LogP contribution >= 0.6 is 11.8 Å². The maximum absolute atomic E-state index is 5.44. The molecular formula is C18H26N4OS. The molecule has 2 heterocycles. The summed E-state index contributed by atoms with van der Waals surface area (Å²) in [6.45, 7) is 7.60. The Bertz CT molecular complexity index is 611. The normalized spacial score (nSPS) is 15.2. The van der Waals surface area contributed by atoms with Crippen molar-refractivity contribution in [3.8, 4) is 0 Å². The van der Waals surface area contributed by atoms with E-state index in [0.29, 0.717) is 0 Å². The minimum Gasteiger partial charge on any atom is -0.381 e. The third-order valence-corrected chi connectivity index (χ3v) is 5.13. The molecule has 130 valence electrons. The Hall–Kier alpha value is -1.37. The van der Waals surface area contributed by atoms with Gasteiger partial charge in [-0.05, 0) is 38.4 Å². The number of rotatable bonds is 9. The first-order valence-corrected chi connectivity index (χ1v) is 9.74. The third kappa shape index (κ3) is 4.82. The summed E-state index contributed by atoms with van der Waals surface area (Å²) < 4.78 is 7.71. The molecule has 0 spiro atoms. The van der Waals surface area contributed by atoms with E-state index in [9.17, 15) is 0 Å². The van der Waals surface area contributed by atoms with Gasteiger partial charge >= 0.3 is 0 Å². The molecule has 1 aliphatic heterocycles. The largest absolute Gasteiger partial charge is 0.381 e. The van der Waals surface area contributed by atoms with Gasteiger partial charge in [-0.25, -0.2) is 0 Å². The maximum atomic E-state index is 5.44. The van der Waals surface area contributed by atoms with Crippen LogP contribution in [0.3, 0.4) is 0 Å². The van der Waals surface area contributed by atoms with E-state index in [0.717, 1.165) is 43.0 Å². The molecule has 0 N–H and O–H groups in total. The number of nitrogens with zero attached hydrogens (tertiary/aromatic N) is 4. The summed E-state index contributed by atoms with van der Waals surface area (Å²) in [5, 5.41) is 9.92. The molecule has 24 heavy (non-hydrogen) atoms. The fraction of sp³-hybridized carbons (Fsp3) is 0.556. The lowest BCUT2D eigenvalue weighted by molar-refractivity contribution is 0.164. The van der Waals surface area contributed by atoms with Crippen LogP contribution in [0, 0.1) is 0 Å². The van der Waals surface area contributed by atoms with Crippen LogP contribution in [-0.2, 0) is 17.8 Å². The Morgan fingerprint density at radius 3 is 2.62 bits per heavy atom. The van der Waals surface area contributed by atoms with Crippen molar-refractivity contribution in [2.24, 2.45) is 0 Å². The van der Waals surface area contributed by atoms with Crippen molar-refractivity contribution in [2.45, 2.75) is 38.0 Å². The van der Waals surface area contributed by atoms with E-state index in [4.69, 9.17) is 4.74 Å². The van der Waals surface area contributed by atoms with Gasteiger partial charge in [-0.2, -0.15) is 0 Å². The number of thioether (sulfide) groups is 1. The summed E-state index contributed by atoms with van der Waals surface area (Å²) in [4.78, 5) is 2.47. The summed E-state index contributed by atoms with van der Waals surface area (Å²) in [5.74, 6) is 1.98. The van der Waals surface area contributed by atoms with Crippen molar-refractivity contribution >= 4 is 11.8 Å². The molecule has 1 aromatic carbocycles. The van der Waals surface area contributed by atoms with E-state index in [2.05, 4.69) is 50.0 Å². The highest BCUT2D eigenvalue weighted by atomic mass is 32.2. The minimum atomic E-state index is 0.751. The van der Waals surface area contributed by atoms with Gasteiger partial charge in [0, 0.05) is 12.4 Å². The van der Waals surface area contributed by atoms with Crippen molar-refractivity contribution in [1.29, 1.82) is 0 Å². The number of benzene rings is 1. The molecule has 1 aliphatic rings. The average Bonchev–Trinajstić information content (AvgIpc) is 3.25. The van der Waals surface area contributed by atoms with E-state index in [1.165, 1.54) is 31.5 Å². The highest BCUT2D eigenvalue weighted by Gasteiger charge is 2.18. The van der Waals surface area contributed by atoms with E-state index >= 15 is 0 Å². The van der Waals surface area contributed by atoms with Crippen LogP contribution in [0.5, 0.6) is 0 Å². The Morgan fingerprint density at radius 1 is 1.08 bits per heavy atom. The van der Waals surface area contributed by atoms with E-state index in [-0.39, 0.29) is 0 Å². The van der Waals surface area contributed by atoms with E-state index in [1.54, 1.807) is 11.8 Å². The molecule has 6 heteroatoms. The van der Waals surface area contributed by atoms with Gasteiger partial charge in [0.25, 0.3) is 0 Å². The predicted molar refractivity (Wildman–Crippen MR) is 97.3 cm³/mol. The first-order chi connectivity index (χ1) is 11.9. The number of hydrogen-bond acceptors (Lipinski definition) is 5. The summed E-state index contributed by atoms with van der Waals surface area (Å²) in [7, 11) is 0. The Balaban J connectivity index is 1.72. The summed E-state index contributed by atoms with van der Waals surface area (Å²) >= 11 is 1.73. The number of hydrogen-bond donors (Lipinski definition) is 0. The van der Waals surface area contributed by atoms with Gasteiger partial charge < -0.3 is 9.30 Å². The minimum absolute atomic E-state index is 0.751. The molecule has 5 nitrogen and oxygen atoms in total. The van der Waals surface area contributed by atoms with Gasteiger partial charge in [0.1, 0.15) is 5.82 Å². The molecule has 1 saturated heterocycles. The SMILES string of the molecule is CCOCCSc1nnc(CN2CCCC2)n1Cc1ccccc1. The van der Waals surface area contributed by atoms with Crippen molar-refractivity contribution in [3.05, 3.63) is 41.7 Å². The molecule has 0 atom stereocenters. The standard InChI is InChI=1S/C18H26N4OS/c1-2-23-12-13-24-18-20-19-17(15-21-10-6-7-11-21)22(18)14-16-8-4-3-5-9-16/h3-5,8-9H,2,6-7,10-15H2,1H3. The fourth-order valence-corrected chi connectivity index (χ4v) is 3.75. The van der Waals surface area contributed by atoms with Gasteiger partial charge in [-0.15, -0.1) is 10.2 Å². The smallest absolute Gasteiger partial charge is 0.191 e. The van der Waals surface area contributed by atoms with Crippen molar-refractivity contribution < 1.29 is 4.74 Å². The van der Waals surface area contributed by atoms with Gasteiger partial charge in [0.15, 0.2) is 5.16 Å². The molecule has 2 aromatic rings. The number of ether oxygens (including phenoxy) is 1. The summed E-state index contributed by atoms with van der Waals surface area (Å²) in [6.07, 6.45) is 2.59.